The monoisotopic (exact) mass is 387 g/mol. The zero-order chi connectivity index (χ0) is 18.6. The van der Waals surface area contributed by atoms with E-state index in [9.17, 15) is 4.79 Å². The molecule has 1 amide bonds. The number of rotatable bonds is 3. The fraction of sp³-hybridized carbons (Fsp3) is 0.556. The molecule has 0 aromatic carbocycles. The molecule has 27 heavy (non-hydrogen) atoms. The van der Waals surface area contributed by atoms with E-state index in [0.29, 0.717) is 18.8 Å². The second-order valence-corrected chi connectivity index (χ2v) is 8.79. The third-order valence-electron chi connectivity index (χ3n) is 5.13. The van der Waals surface area contributed by atoms with Gasteiger partial charge in [-0.05, 0) is 32.3 Å². The first-order valence-electron chi connectivity index (χ1n) is 9.19. The molecule has 0 saturated carbocycles. The third kappa shape index (κ3) is 2.99. The molecule has 1 N–H and O–H groups in total. The topological polar surface area (TPSA) is 90.6 Å². The number of carbonyl (C=O) groups excluding carboxylic acids is 1. The summed E-state index contributed by atoms with van der Waals surface area (Å²) < 4.78 is 13.1. The van der Waals surface area contributed by atoms with Crippen molar-refractivity contribution in [3.63, 3.8) is 0 Å². The van der Waals surface area contributed by atoms with E-state index in [1.807, 2.05) is 0 Å². The maximum atomic E-state index is 12.5. The molecule has 0 spiro atoms. The van der Waals surface area contributed by atoms with Crippen LogP contribution in [0.1, 0.15) is 47.7 Å². The van der Waals surface area contributed by atoms with Crippen molar-refractivity contribution in [2.24, 2.45) is 0 Å². The number of hydrogen-bond acceptors (Lipinski definition) is 7. The van der Waals surface area contributed by atoms with Gasteiger partial charge in [0.05, 0.1) is 23.7 Å². The van der Waals surface area contributed by atoms with Crippen molar-refractivity contribution in [3.8, 4) is 0 Å². The van der Waals surface area contributed by atoms with E-state index in [1.165, 1.54) is 10.4 Å². The van der Waals surface area contributed by atoms with Crippen molar-refractivity contribution < 1.29 is 14.3 Å². The molecule has 142 valence electrons. The molecule has 0 unspecified atom stereocenters. The van der Waals surface area contributed by atoms with Crippen LogP contribution in [0.4, 0.5) is 0 Å². The van der Waals surface area contributed by atoms with E-state index >= 15 is 0 Å². The molecule has 0 radical (unpaired) electrons. The van der Waals surface area contributed by atoms with Crippen molar-refractivity contribution >= 4 is 33.1 Å². The van der Waals surface area contributed by atoms with Gasteiger partial charge in [-0.2, -0.15) is 0 Å². The summed E-state index contributed by atoms with van der Waals surface area (Å²) in [6.07, 6.45) is 4.51. The number of nitrogens with one attached hydrogen (secondary N) is 1. The number of fused-ring (bicyclic) bond motifs is 5. The summed E-state index contributed by atoms with van der Waals surface area (Å²) in [6.45, 7) is 6.00. The quantitative estimate of drug-likeness (QED) is 0.740. The maximum Gasteiger partial charge on any atom is 0.291 e. The number of amides is 1. The van der Waals surface area contributed by atoms with Gasteiger partial charge in [-0.1, -0.05) is 0 Å². The smallest absolute Gasteiger partial charge is 0.291 e. The Kier molecular flexibility index (Phi) is 3.92. The summed E-state index contributed by atoms with van der Waals surface area (Å²) >= 11 is 1.63. The van der Waals surface area contributed by atoms with Gasteiger partial charge in [0.2, 0.25) is 5.82 Å². The highest BCUT2D eigenvalue weighted by molar-refractivity contribution is 7.19. The number of hydrogen-bond donors (Lipinski definition) is 1. The molecule has 3 aromatic rings. The molecule has 1 fully saturated rings. The van der Waals surface area contributed by atoms with Crippen molar-refractivity contribution in [2.45, 2.75) is 51.4 Å². The largest absolute Gasteiger partial charge is 0.376 e. The molecule has 9 heteroatoms. The molecule has 8 nitrogen and oxygen atoms in total. The van der Waals surface area contributed by atoms with Crippen LogP contribution in [0.5, 0.6) is 0 Å². The zero-order valence-electron chi connectivity index (χ0n) is 15.3. The molecule has 0 aliphatic carbocycles. The first-order valence-corrected chi connectivity index (χ1v) is 10.0. The van der Waals surface area contributed by atoms with Crippen LogP contribution in [-0.2, 0) is 22.5 Å². The van der Waals surface area contributed by atoms with E-state index in [0.717, 1.165) is 36.1 Å². The molecule has 3 aromatic heterocycles. The molecule has 0 bridgehead atoms. The van der Waals surface area contributed by atoms with Crippen molar-refractivity contribution in [1.29, 1.82) is 0 Å². The second-order valence-electron chi connectivity index (χ2n) is 7.70. The molecule has 5 heterocycles. The second kappa shape index (κ2) is 6.22. The van der Waals surface area contributed by atoms with Crippen molar-refractivity contribution in [3.05, 3.63) is 22.6 Å². The fourth-order valence-electron chi connectivity index (χ4n) is 3.73. The highest BCUT2D eigenvalue weighted by atomic mass is 32.1. The molecule has 1 atom stereocenters. The van der Waals surface area contributed by atoms with E-state index in [2.05, 4.69) is 34.2 Å². The molecular weight excluding hydrogens is 366 g/mol. The predicted molar refractivity (Wildman–Crippen MR) is 100 cm³/mol. The Labute approximate surface area is 159 Å². The standard InChI is InChI=1S/C18H21N5O3S/c1-18(2)6-11-12(8-26-18)27-17-13(11)15-21-14(22-23(15)9-20-17)16(24)19-7-10-4-3-5-25-10/h9-10H,3-8H2,1-2H3,(H,19,24)/t10-/m0/s1. The van der Waals surface area contributed by atoms with Crippen LogP contribution in [0.15, 0.2) is 6.33 Å². The number of nitrogens with zero attached hydrogens (tertiary/aromatic N) is 4. The van der Waals surface area contributed by atoms with Crippen molar-refractivity contribution in [2.75, 3.05) is 13.2 Å². The average molecular weight is 387 g/mol. The molecule has 2 aliphatic heterocycles. The Morgan fingerprint density at radius 1 is 1.48 bits per heavy atom. The SMILES string of the molecule is CC1(C)Cc2c(sc3ncn4nc(C(=O)NC[C@@H]5CCCO5)nc4c23)CO1. The van der Waals surface area contributed by atoms with E-state index in [4.69, 9.17) is 9.47 Å². The van der Waals surface area contributed by atoms with Crippen LogP contribution in [0.2, 0.25) is 0 Å². The van der Waals surface area contributed by atoms with Gasteiger partial charge in [-0.3, -0.25) is 4.79 Å². The predicted octanol–water partition coefficient (Wildman–Crippen LogP) is 2.10. The lowest BCUT2D eigenvalue weighted by atomic mass is 9.94. The zero-order valence-corrected chi connectivity index (χ0v) is 16.1. The lowest BCUT2D eigenvalue weighted by Crippen LogP contribution is -2.32. The maximum absolute atomic E-state index is 12.5. The third-order valence-corrected chi connectivity index (χ3v) is 6.24. The van der Waals surface area contributed by atoms with Gasteiger partial charge in [0.25, 0.3) is 5.91 Å². The fourth-order valence-corrected chi connectivity index (χ4v) is 4.79. The van der Waals surface area contributed by atoms with Gasteiger partial charge in [0.15, 0.2) is 5.65 Å². The number of carbonyl (C=O) groups is 1. The van der Waals surface area contributed by atoms with E-state index in [1.54, 1.807) is 22.2 Å². The van der Waals surface area contributed by atoms with Gasteiger partial charge < -0.3 is 14.8 Å². The summed E-state index contributed by atoms with van der Waals surface area (Å²) in [7, 11) is 0. The van der Waals surface area contributed by atoms with Gasteiger partial charge in [-0.25, -0.2) is 14.5 Å². The van der Waals surface area contributed by atoms with Crippen LogP contribution in [0, 0.1) is 0 Å². The molecular formula is C18H21N5O3S. The van der Waals surface area contributed by atoms with Crippen LogP contribution < -0.4 is 5.32 Å². The number of ether oxygens (including phenoxy) is 2. The number of thiophene rings is 1. The summed E-state index contributed by atoms with van der Waals surface area (Å²) in [4.78, 5) is 23.6. The minimum absolute atomic E-state index is 0.0884. The van der Waals surface area contributed by atoms with Crippen LogP contribution in [-0.4, -0.2) is 50.3 Å². The minimum atomic E-state index is -0.282. The van der Waals surface area contributed by atoms with Gasteiger partial charge in [-0.15, -0.1) is 16.4 Å². The summed E-state index contributed by atoms with van der Waals surface area (Å²) in [6, 6.07) is 0. The van der Waals surface area contributed by atoms with E-state index in [-0.39, 0.29) is 23.4 Å². The molecule has 5 rings (SSSR count). The molecule has 1 saturated heterocycles. The lowest BCUT2D eigenvalue weighted by molar-refractivity contribution is -0.0379. The minimum Gasteiger partial charge on any atom is -0.376 e. The normalized spacial score (nSPS) is 21.6. The first kappa shape index (κ1) is 17.0. The highest BCUT2D eigenvalue weighted by Crippen LogP contribution is 2.39. The summed E-state index contributed by atoms with van der Waals surface area (Å²) in [5.41, 5.74) is 1.66. The number of aromatic nitrogens is 4. The Hall–Kier alpha value is -2.10. The summed E-state index contributed by atoms with van der Waals surface area (Å²) in [5.74, 6) is -0.122. The van der Waals surface area contributed by atoms with E-state index < -0.39 is 0 Å². The van der Waals surface area contributed by atoms with Crippen LogP contribution >= 0.6 is 11.3 Å². The van der Waals surface area contributed by atoms with Crippen LogP contribution in [0.25, 0.3) is 15.9 Å². The highest BCUT2D eigenvalue weighted by Gasteiger charge is 2.31. The molecule has 2 aliphatic rings. The Morgan fingerprint density at radius 2 is 2.37 bits per heavy atom. The Balaban J connectivity index is 1.50. The van der Waals surface area contributed by atoms with Gasteiger partial charge >= 0.3 is 0 Å². The van der Waals surface area contributed by atoms with Gasteiger partial charge in [0, 0.05) is 24.4 Å². The summed E-state index contributed by atoms with van der Waals surface area (Å²) in [5, 5.41) is 8.20. The first-order chi connectivity index (χ1) is 13.0. The van der Waals surface area contributed by atoms with Gasteiger partial charge in [0.1, 0.15) is 11.2 Å². The van der Waals surface area contributed by atoms with Crippen molar-refractivity contribution in [1.82, 2.24) is 24.9 Å². The Morgan fingerprint density at radius 3 is 3.19 bits per heavy atom. The average Bonchev–Trinajstić information content (AvgIpc) is 3.35. The lowest BCUT2D eigenvalue weighted by Gasteiger charge is -2.30. The Bertz CT molecular complexity index is 1030. The van der Waals surface area contributed by atoms with Crippen LogP contribution in [0.3, 0.4) is 0 Å².